The minimum atomic E-state index is -0.357. The lowest BCUT2D eigenvalue weighted by atomic mass is 9.91. The van der Waals surface area contributed by atoms with Gasteiger partial charge in [-0.2, -0.15) is 0 Å². The molecule has 0 radical (unpaired) electrons. The molecule has 0 aliphatic heterocycles. The molecule has 1 rings (SSSR count). The summed E-state index contributed by atoms with van der Waals surface area (Å²) < 4.78 is 10.2. The predicted molar refractivity (Wildman–Crippen MR) is 84.8 cm³/mol. The third-order valence-electron chi connectivity index (χ3n) is 3.78. The first kappa shape index (κ1) is 18.6. The first-order chi connectivity index (χ1) is 10.7. The Morgan fingerprint density at radius 1 is 0.909 bits per heavy atom. The largest absolute Gasteiger partial charge is 0.450 e. The molecule has 6 nitrogen and oxygen atoms in total. The first-order valence-corrected chi connectivity index (χ1v) is 8.52. The van der Waals surface area contributed by atoms with Crippen LogP contribution in [0.25, 0.3) is 0 Å². The first-order valence-electron chi connectivity index (χ1n) is 8.52. The number of hydrogen-bond acceptors (Lipinski definition) is 4. The summed E-state index contributed by atoms with van der Waals surface area (Å²) in [5, 5.41) is 5.76. The maximum atomic E-state index is 11.6. The SMILES string of the molecule is CCCCOC(=O)NC1CCCC(NC(=O)OCCCC)C1. The van der Waals surface area contributed by atoms with E-state index in [0.717, 1.165) is 51.4 Å². The zero-order valence-corrected chi connectivity index (χ0v) is 13.9. The maximum Gasteiger partial charge on any atom is 0.407 e. The Morgan fingerprint density at radius 3 is 1.77 bits per heavy atom. The molecule has 0 bridgehead atoms. The van der Waals surface area contributed by atoms with Gasteiger partial charge in [0, 0.05) is 12.1 Å². The Balaban J connectivity index is 2.23. The van der Waals surface area contributed by atoms with Gasteiger partial charge < -0.3 is 20.1 Å². The van der Waals surface area contributed by atoms with Gasteiger partial charge in [-0.1, -0.05) is 26.7 Å². The molecule has 0 aromatic rings. The molecule has 0 spiro atoms. The standard InChI is InChI=1S/C16H30N2O4/c1-3-5-10-21-15(19)17-13-8-7-9-14(12-13)18-16(20)22-11-6-4-2/h13-14H,3-12H2,1-2H3,(H,17,19)(H,18,20). The zero-order valence-electron chi connectivity index (χ0n) is 13.9. The number of ether oxygens (including phenoxy) is 2. The molecular weight excluding hydrogens is 284 g/mol. The molecule has 128 valence electrons. The van der Waals surface area contributed by atoms with Gasteiger partial charge in [-0.15, -0.1) is 0 Å². The van der Waals surface area contributed by atoms with Gasteiger partial charge >= 0.3 is 12.2 Å². The number of alkyl carbamates (subject to hydrolysis) is 2. The second-order valence-electron chi connectivity index (χ2n) is 5.83. The molecule has 0 aromatic heterocycles. The van der Waals surface area contributed by atoms with Crippen molar-refractivity contribution in [3.63, 3.8) is 0 Å². The number of unbranched alkanes of at least 4 members (excludes halogenated alkanes) is 2. The van der Waals surface area contributed by atoms with E-state index in [-0.39, 0.29) is 24.3 Å². The van der Waals surface area contributed by atoms with Crippen molar-refractivity contribution in [1.29, 1.82) is 0 Å². The quantitative estimate of drug-likeness (QED) is 0.674. The highest BCUT2D eigenvalue weighted by atomic mass is 16.6. The molecule has 22 heavy (non-hydrogen) atoms. The summed E-state index contributed by atoms with van der Waals surface area (Å²) >= 11 is 0. The smallest absolute Gasteiger partial charge is 0.407 e. The predicted octanol–water partition coefficient (Wildman–Crippen LogP) is 3.35. The lowest BCUT2D eigenvalue weighted by Gasteiger charge is -2.29. The van der Waals surface area contributed by atoms with Gasteiger partial charge in [-0.05, 0) is 38.5 Å². The minimum absolute atomic E-state index is 0.0591. The zero-order chi connectivity index (χ0) is 16.2. The van der Waals surface area contributed by atoms with Crippen molar-refractivity contribution in [3.8, 4) is 0 Å². The molecule has 0 aromatic carbocycles. The minimum Gasteiger partial charge on any atom is -0.450 e. The Labute approximate surface area is 133 Å². The van der Waals surface area contributed by atoms with Crippen LogP contribution in [0.5, 0.6) is 0 Å². The second kappa shape index (κ2) is 11.2. The summed E-state index contributed by atoms with van der Waals surface area (Å²) in [5.74, 6) is 0. The van der Waals surface area contributed by atoms with Crippen LogP contribution in [0.2, 0.25) is 0 Å². The lowest BCUT2D eigenvalue weighted by molar-refractivity contribution is 0.130. The summed E-state index contributed by atoms with van der Waals surface area (Å²) in [7, 11) is 0. The van der Waals surface area contributed by atoms with Crippen molar-refractivity contribution in [1.82, 2.24) is 10.6 Å². The molecule has 2 unspecified atom stereocenters. The lowest BCUT2D eigenvalue weighted by Crippen LogP contribution is -2.46. The molecule has 2 N–H and O–H groups in total. The summed E-state index contributed by atoms with van der Waals surface area (Å²) in [6.07, 6.45) is 6.60. The molecule has 1 fully saturated rings. The molecule has 1 aliphatic rings. The van der Waals surface area contributed by atoms with E-state index in [1.54, 1.807) is 0 Å². The summed E-state index contributed by atoms with van der Waals surface area (Å²) in [6, 6.07) is 0.118. The second-order valence-corrected chi connectivity index (χ2v) is 5.83. The van der Waals surface area contributed by atoms with Gasteiger partial charge in [-0.3, -0.25) is 0 Å². The fourth-order valence-electron chi connectivity index (χ4n) is 2.49. The number of carbonyl (C=O) groups excluding carboxylic acids is 2. The van der Waals surface area contributed by atoms with E-state index < -0.39 is 0 Å². The normalized spacial score (nSPS) is 21.0. The third-order valence-corrected chi connectivity index (χ3v) is 3.78. The van der Waals surface area contributed by atoms with Crippen LogP contribution < -0.4 is 10.6 Å². The highest BCUT2D eigenvalue weighted by Crippen LogP contribution is 2.19. The van der Waals surface area contributed by atoms with Gasteiger partial charge in [0.05, 0.1) is 13.2 Å². The van der Waals surface area contributed by atoms with E-state index in [4.69, 9.17) is 9.47 Å². The molecule has 0 saturated heterocycles. The number of rotatable bonds is 8. The van der Waals surface area contributed by atoms with Crippen LogP contribution in [0.3, 0.4) is 0 Å². The van der Waals surface area contributed by atoms with E-state index in [1.165, 1.54) is 0 Å². The molecule has 2 amide bonds. The molecule has 6 heteroatoms. The number of hydrogen-bond donors (Lipinski definition) is 2. The van der Waals surface area contributed by atoms with E-state index in [0.29, 0.717) is 13.2 Å². The monoisotopic (exact) mass is 314 g/mol. The Kier molecular flexibility index (Phi) is 9.42. The van der Waals surface area contributed by atoms with Crippen molar-refractivity contribution in [2.75, 3.05) is 13.2 Å². The van der Waals surface area contributed by atoms with Crippen molar-refractivity contribution < 1.29 is 19.1 Å². The van der Waals surface area contributed by atoms with Gasteiger partial charge in [0.25, 0.3) is 0 Å². The van der Waals surface area contributed by atoms with E-state index in [2.05, 4.69) is 24.5 Å². The highest BCUT2D eigenvalue weighted by molar-refractivity contribution is 5.68. The van der Waals surface area contributed by atoms with Crippen LogP contribution in [-0.2, 0) is 9.47 Å². The molecular formula is C16H30N2O4. The summed E-state index contributed by atoms with van der Waals surface area (Å²) in [6.45, 7) is 5.03. The van der Waals surface area contributed by atoms with Crippen molar-refractivity contribution in [2.45, 2.75) is 77.3 Å². The Hall–Kier alpha value is -1.46. The number of nitrogens with one attached hydrogen (secondary N) is 2. The van der Waals surface area contributed by atoms with Crippen LogP contribution in [-0.4, -0.2) is 37.5 Å². The van der Waals surface area contributed by atoms with Crippen molar-refractivity contribution >= 4 is 12.2 Å². The number of amides is 2. The topological polar surface area (TPSA) is 76.7 Å². The highest BCUT2D eigenvalue weighted by Gasteiger charge is 2.25. The fourth-order valence-corrected chi connectivity index (χ4v) is 2.49. The molecule has 1 aliphatic carbocycles. The van der Waals surface area contributed by atoms with E-state index in [1.807, 2.05) is 0 Å². The van der Waals surface area contributed by atoms with Gasteiger partial charge in [-0.25, -0.2) is 9.59 Å². The van der Waals surface area contributed by atoms with Crippen LogP contribution in [0.1, 0.15) is 65.2 Å². The molecule has 0 heterocycles. The molecule has 1 saturated carbocycles. The van der Waals surface area contributed by atoms with Crippen LogP contribution in [0.4, 0.5) is 9.59 Å². The summed E-state index contributed by atoms with van der Waals surface area (Å²) in [4.78, 5) is 23.3. The summed E-state index contributed by atoms with van der Waals surface area (Å²) in [5.41, 5.74) is 0. The number of carbonyl (C=O) groups is 2. The fraction of sp³-hybridized carbons (Fsp3) is 0.875. The van der Waals surface area contributed by atoms with Gasteiger partial charge in [0.2, 0.25) is 0 Å². The third kappa shape index (κ3) is 8.10. The Morgan fingerprint density at radius 2 is 1.36 bits per heavy atom. The van der Waals surface area contributed by atoms with Gasteiger partial charge in [0.15, 0.2) is 0 Å². The van der Waals surface area contributed by atoms with Crippen LogP contribution in [0.15, 0.2) is 0 Å². The van der Waals surface area contributed by atoms with E-state index in [9.17, 15) is 9.59 Å². The van der Waals surface area contributed by atoms with E-state index >= 15 is 0 Å². The maximum absolute atomic E-state index is 11.6. The van der Waals surface area contributed by atoms with Crippen molar-refractivity contribution in [3.05, 3.63) is 0 Å². The average Bonchev–Trinajstić information content (AvgIpc) is 2.48. The molecule has 2 atom stereocenters. The Bertz CT molecular complexity index is 306. The average molecular weight is 314 g/mol. The van der Waals surface area contributed by atoms with Gasteiger partial charge in [0.1, 0.15) is 0 Å². The van der Waals surface area contributed by atoms with Crippen LogP contribution >= 0.6 is 0 Å². The van der Waals surface area contributed by atoms with Crippen molar-refractivity contribution in [2.24, 2.45) is 0 Å². The van der Waals surface area contributed by atoms with Crippen LogP contribution in [0, 0.1) is 0 Å².